The maximum absolute atomic E-state index is 11.5. The van der Waals surface area contributed by atoms with Gasteiger partial charge in [0.2, 0.25) is 0 Å². The Balaban J connectivity index is 1.86. The molecule has 0 saturated carbocycles. The van der Waals surface area contributed by atoms with Gasteiger partial charge in [-0.1, -0.05) is 0 Å². The number of nitrogens with zero attached hydrogens (tertiary/aromatic N) is 2. The zero-order chi connectivity index (χ0) is 15.5. The predicted molar refractivity (Wildman–Crippen MR) is 73.9 cm³/mol. The minimum absolute atomic E-state index is 0.169. The van der Waals surface area contributed by atoms with E-state index in [2.05, 4.69) is 14.4 Å². The first-order valence-electron chi connectivity index (χ1n) is 6.92. The Labute approximate surface area is 123 Å². The summed E-state index contributed by atoms with van der Waals surface area (Å²) in [6, 6.07) is 0.179. The van der Waals surface area contributed by atoms with Crippen molar-refractivity contribution in [1.82, 2.24) is 10.2 Å². The third-order valence-electron chi connectivity index (χ3n) is 3.95. The molecule has 0 aromatic rings. The summed E-state index contributed by atoms with van der Waals surface area (Å²) in [6.07, 6.45) is 0.113. The van der Waals surface area contributed by atoms with E-state index in [0.717, 1.165) is 13.5 Å². The second-order valence-corrected chi connectivity index (χ2v) is 7.10. The predicted octanol–water partition coefficient (Wildman–Crippen LogP) is -0.982. The molecule has 0 radical (unpaired) electrons. The van der Waals surface area contributed by atoms with E-state index in [1.807, 2.05) is 0 Å². The Bertz CT molecular complexity index is 463. The largest absolute Gasteiger partial charge is 0.374 e. The van der Waals surface area contributed by atoms with Crippen LogP contribution in [0.2, 0.25) is 0 Å². The van der Waals surface area contributed by atoms with Crippen molar-refractivity contribution in [2.24, 2.45) is 0 Å². The topological polar surface area (TPSA) is 111 Å². The number of hydrogen-bond acceptors (Lipinski definition) is 8. The van der Waals surface area contributed by atoms with Crippen molar-refractivity contribution in [3.8, 4) is 0 Å². The summed E-state index contributed by atoms with van der Waals surface area (Å²) in [7, 11) is -2.41. The van der Waals surface area contributed by atoms with Crippen LogP contribution >= 0.6 is 0 Å². The lowest BCUT2D eigenvalue weighted by atomic mass is 10.0. The molecule has 2 unspecified atom stereocenters. The van der Waals surface area contributed by atoms with E-state index in [4.69, 9.17) is 4.74 Å². The van der Waals surface area contributed by atoms with Gasteiger partial charge in [0.1, 0.15) is 5.75 Å². The lowest BCUT2D eigenvalue weighted by Gasteiger charge is -2.40. The number of hydrogen-bond donors (Lipinski definition) is 1. The molecule has 2 heterocycles. The highest BCUT2D eigenvalue weighted by Gasteiger charge is 2.34. The van der Waals surface area contributed by atoms with Crippen LogP contribution in [0.3, 0.4) is 0 Å². The molecule has 9 nitrogen and oxygen atoms in total. The lowest BCUT2D eigenvalue weighted by molar-refractivity contribution is -0.532. The smallest absolute Gasteiger partial charge is 0.269 e. The van der Waals surface area contributed by atoms with Crippen LogP contribution in [0.25, 0.3) is 0 Å². The van der Waals surface area contributed by atoms with Crippen LogP contribution in [0.5, 0.6) is 0 Å². The monoisotopic (exact) mass is 323 g/mol. The summed E-state index contributed by atoms with van der Waals surface area (Å²) in [5.74, 6) is -0.169. The molecule has 2 saturated heterocycles. The Kier molecular flexibility index (Phi) is 5.49. The molecular formula is C11H21N3O6S. The Hall–Kier alpha value is -0.810. The second-order valence-electron chi connectivity index (χ2n) is 5.32. The SMILES string of the molecule is COS(=O)(=O)C[C@@H]1CN(C2CCC([N+](=O)[O-])NC2)CCO1. The molecule has 2 aliphatic rings. The molecule has 2 fully saturated rings. The zero-order valence-electron chi connectivity index (χ0n) is 11.9. The van der Waals surface area contributed by atoms with E-state index < -0.39 is 22.4 Å². The van der Waals surface area contributed by atoms with E-state index in [1.54, 1.807) is 0 Å². The molecule has 0 aromatic heterocycles. The molecule has 0 aliphatic carbocycles. The van der Waals surface area contributed by atoms with E-state index in [-0.39, 0.29) is 16.7 Å². The van der Waals surface area contributed by atoms with Gasteiger partial charge in [0.25, 0.3) is 16.3 Å². The van der Waals surface area contributed by atoms with Crippen LogP contribution in [0.1, 0.15) is 12.8 Å². The van der Waals surface area contributed by atoms with Crippen molar-refractivity contribution in [1.29, 1.82) is 0 Å². The van der Waals surface area contributed by atoms with E-state index in [9.17, 15) is 18.5 Å². The molecule has 0 bridgehead atoms. The Morgan fingerprint density at radius 1 is 1.48 bits per heavy atom. The zero-order valence-corrected chi connectivity index (χ0v) is 12.8. The van der Waals surface area contributed by atoms with Gasteiger partial charge in [-0.3, -0.25) is 24.5 Å². The van der Waals surface area contributed by atoms with Crippen molar-refractivity contribution < 1.29 is 22.3 Å². The van der Waals surface area contributed by atoms with Crippen molar-refractivity contribution in [3.63, 3.8) is 0 Å². The summed E-state index contributed by atoms with van der Waals surface area (Å²) in [4.78, 5) is 12.5. The number of nitro groups is 1. The fourth-order valence-corrected chi connectivity index (χ4v) is 3.58. The minimum Gasteiger partial charge on any atom is -0.374 e. The molecule has 122 valence electrons. The molecule has 0 amide bonds. The average Bonchev–Trinajstić information content (AvgIpc) is 2.47. The van der Waals surface area contributed by atoms with Gasteiger partial charge >= 0.3 is 0 Å². The van der Waals surface area contributed by atoms with E-state index >= 15 is 0 Å². The molecule has 21 heavy (non-hydrogen) atoms. The second kappa shape index (κ2) is 6.97. The first-order valence-corrected chi connectivity index (χ1v) is 8.50. The van der Waals surface area contributed by atoms with Crippen molar-refractivity contribution >= 4 is 10.1 Å². The molecule has 3 atom stereocenters. The molecular weight excluding hydrogens is 302 g/mol. The summed E-state index contributed by atoms with van der Waals surface area (Å²) in [5.41, 5.74) is 0. The fraction of sp³-hybridized carbons (Fsp3) is 1.00. The van der Waals surface area contributed by atoms with Gasteiger partial charge in [-0.25, -0.2) is 0 Å². The minimum atomic E-state index is -3.55. The number of piperidine rings is 1. The number of nitrogens with one attached hydrogen (secondary N) is 1. The molecule has 2 aliphatic heterocycles. The molecule has 1 N–H and O–H groups in total. The van der Waals surface area contributed by atoms with Crippen LogP contribution in [0.4, 0.5) is 0 Å². The number of rotatable bonds is 5. The number of ether oxygens (including phenoxy) is 1. The van der Waals surface area contributed by atoms with Crippen LogP contribution in [-0.2, 0) is 19.0 Å². The highest BCUT2D eigenvalue weighted by molar-refractivity contribution is 7.86. The third kappa shape index (κ3) is 4.58. The van der Waals surface area contributed by atoms with Crippen molar-refractivity contribution in [2.45, 2.75) is 31.2 Å². The van der Waals surface area contributed by atoms with Gasteiger partial charge in [-0.05, 0) is 6.42 Å². The maximum Gasteiger partial charge on any atom is 0.269 e. The van der Waals surface area contributed by atoms with E-state index in [1.165, 1.54) is 0 Å². The van der Waals surface area contributed by atoms with Gasteiger partial charge in [0, 0.05) is 37.0 Å². The fourth-order valence-electron chi connectivity index (χ4n) is 2.79. The number of morpholine rings is 1. The third-order valence-corrected chi connectivity index (χ3v) is 5.24. The lowest BCUT2D eigenvalue weighted by Crippen LogP contribution is -2.56. The van der Waals surface area contributed by atoms with Gasteiger partial charge in [-0.15, -0.1) is 0 Å². The molecule has 0 spiro atoms. The molecule has 10 heteroatoms. The highest BCUT2D eigenvalue weighted by Crippen LogP contribution is 2.18. The van der Waals surface area contributed by atoms with Crippen LogP contribution in [0, 0.1) is 10.1 Å². The van der Waals surface area contributed by atoms with Gasteiger partial charge in [-0.2, -0.15) is 8.42 Å². The Morgan fingerprint density at radius 3 is 2.81 bits per heavy atom. The summed E-state index contributed by atoms with van der Waals surface area (Å²) >= 11 is 0. The first kappa shape index (κ1) is 16.6. The van der Waals surface area contributed by atoms with Gasteiger partial charge < -0.3 is 4.74 Å². The van der Waals surface area contributed by atoms with Crippen molar-refractivity contribution in [2.75, 3.05) is 39.1 Å². The first-order chi connectivity index (χ1) is 9.91. The van der Waals surface area contributed by atoms with Gasteiger partial charge in [0.05, 0.1) is 19.8 Å². The normalized spacial score (nSPS) is 32.0. The quantitative estimate of drug-likeness (QED) is 0.390. The standard InChI is InChI=1S/C11H21N3O6S/c1-19-21(17,18)8-10-7-13(4-5-20-10)9-2-3-11(12-6-9)14(15)16/h9-12H,2-8H2,1H3/t9?,10-,11?/m0/s1. The van der Waals surface area contributed by atoms with Crippen LogP contribution in [-0.4, -0.2) is 75.7 Å². The summed E-state index contributed by atoms with van der Waals surface area (Å²) in [5, 5.41) is 13.6. The summed E-state index contributed by atoms with van der Waals surface area (Å²) < 4.78 is 32.8. The van der Waals surface area contributed by atoms with Crippen LogP contribution < -0.4 is 5.32 Å². The van der Waals surface area contributed by atoms with Crippen molar-refractivity contribution in [3.05, 3.63) is 10.1 Å². The maximum atomic E-state index is 11.5. The summed E-state index contributed by atoms with van der Waals surface area (Å²) in [6.45, 7) is 2.20. The molecule has 0 aromatic carbocycles. The van der Waals surface area contributed by atoms with E-state index in [0.29, 0.717) is 32.7 Å². The molecule has 2 rings (SSSR count). The Morgan fingerprint density at radius 2 is 2.24 bits per heavy atom. The highest BCUT2D eigenvalue weighted by atomic mass is 32.2. The van der Waals surface area contributed by atoms with Gasteiger partial charge in [0.15, 0.2) is 0 Å². The van der Waals surface area contributed by atoms with Crippen LogP contribution in [0.15, 0.2) is 0 Å². The average molecular weight is 323 g/mol.